The number of hydrogen-bond donors (Lipinski definition) is 1. The molecule has 0 aliphatic heterocycles. The maximum atomic E-state index is 13.5. The predicted octanol–water partition coefficient (Wildman–Crippen LogP) is 3.38. The average molecular weight is 279 g/mol. The number of benzene rings is 2. The summed E-state index contributed by atoms with van der Waals surface area (Å²) in [6.07, 6.45) is 0. The summed E-state index contributed by atoms with van der Waals surface area (Å²) in [5, 5.41) is 19.9. The number of halogens is 1. The monoisotopic (exact) mass is 279 g/mol. The van der Waals surface area contributed by atoms with Gasteiger partial charge in [-0.1, -0.05) is 23.9 Å². The van der Waals surface area contributed by atoms with E-state index in [0.29, 0.717) is 9.79 Å². The van der Waals surface area contributed by atoms with Crippen molar-refractivity contribution in [3.05, 3.63) is 64.0 Å². The van der Waals surface area contributed by atoms with E-state index in [0.717, 1.165) is 11.8 Å². The largest absolute Gasteiger partial charge is 0.391 e. The second kappa shape index (κ2) is 5.81. The van der Waals surface area contributed by atoms with Crippen molar-refractivity contribution in [2.45, 2.75) is 16.4 Å². The molecule has 0 heterocycles. The van der Waals surface area contributed by atoms with Crippen molar-refractivity contribution in [1.82, 2.24) is 0 Å². The molecule has 0 spiro atoms. The van der Waals surface area contributed by atoms with E-state index in [-0.39, 0.29) is 17.1 Å². The van der Waals surface area contributed by atoms with E-state index in [1.54, 1.807) is 18.2 Å². The molecule has 2 aromatic carbocycles. The number of nitrogens with zero attached hydrogens (tertiary/aromatic N) is 1. The molecule has 4 nitrogen and oxygen atoms in total. The van der Waals surface area contributed by atoms with Gasteiger partial charge < -0.3 is 5.11 Å². The van der Waals surface area contributed by atoms with Gasteiger partial charge in [0.25, 0.3) is 5.69 Å². The topological polar surface area (TPSA) is 63.4 Å². The Bertz CT molecular complexity index is 619. The Morgan fingerprint density at radius 2 is 2.00 bits per heavy atom. The quantitative estimate of drug-likeness (QED) is 0.688. The highest BCUT2D eigenvalue weighted by atomic mass is 32.2. The number of nitro groups is 1. The predicted molar refractivity (Wildman–Crippen MR) is 69.5 cm³/mol. The molecule has 0 aliphatic rings. The Morgan fingerprint density at radius 1 is 1.26 bits per heavy atom. The van der Waals surface area contributed by atoms with Gasteiger partial charge in [0.15, 0.2) is 0 Å². The molecule has 1 N–H and O–H groups in total. The summed E-state index contributed by atoms with van der Waals surface area (Å²) in [6.45, 7) is -0.429. The fourth-order valence-corrected chi connectivity index (χ4v) is 2.49. The molecule has 0 radical (unpaired) electrons. The smallest absolute Gasteiger partial charge is 0.274 e. The zero-order valence-corrected chi connectivity index (χ0v) is 10.6. The van der Waals surface area contributed by atoms with Crippen LogP contribution in [0.2, 0.25) is 0 Å². The molecule has 0 amide bonds. The van der Waals surface area contributed by atoms with Gasteiger partial charge in [-0.15, -0.1) is 0 Å². The van der Waals surface area contributed by atoms with Crippen molar-refractivity contribution < 1.29 is 14.4 Å². The molecule has 0 saturated carbocycles. The minimum absolute atomic E-state index is 0.139. The van der Waals surface area contributed by atoms with Gasteiger partial charge in [-0.25, -0.2) is 4.39 Å². The van der Waals surface area contributed by atoms with E-state index in [1.807, 2.05) is 0 Å². The lowest BCUT2D eigenvalue weighted by atomic mass is 10.2. The van der Waals surface area contributed by atoms with Crippen LogP contribution in [0.1, 0.15) is 5.56 Å². The minimum atomic E-state index is -0.552. The van der Waals surface area contributed by atoms with Gasteiger partial charge in [0.1, 0.15) is 5.82 Å². The van der Waals surface area contributed by atoms with Crippen LogP contribution in [0.4, 0.5) is 10.1 Å². The summed E-state index contributed by atoms with van der Waals surface area (Å²) in [5.74, 6) is -0.351. The third kappa shape index (κ3) is 3.10. The molecule has 98 valence electrons. The summed E-state index contributed by atoms with van der Waals surface area (Å²) in [4.78, 5) is 11.2. The molecular formula is C13H10FNO3S. The second-order valence-corrected chi connectivity index (χ2v) is 4.85. The van der Waals surface area contributed by atoms with Gasteiger partial charge in [-0.05, 0) is 24.3 Å². The van der Waals surface area contributed by atoms with E-state index in [9.17, 15) is 14.5 Å². The SMILES string of the molecule is O=[N+]([O-])c1ccc(Sc2ccccc2F)cc1CO. The Hall–Kier alpha value is -1.92. The van der Waals surface area contributed by atoms with Crippen molar-refractivity contribution in [2.75, 3.05) is 0 Å². The third-order valence-corrected chi connectivity index (χ3v) is 3.52. The van der Waals surface area contributed by atoms with Crippen LogP contribution in [0, 0.1) is 15.9 Å². The lowest BCUT2D eigenvalue weighted by Gasteiger charge is -2.05. The Balaban J connectivity index is 2.32. The van der Waals surface area contributed by atoms with Gasteiger partial charge in [0, 0.05) is 15.9 Å². The Morgan fingerprint density at radius 3 is 2.63 bits per heavy atom. The zero-order chi connectivity index (χ0) is 13.8. The van der Waals surface area contributed by atoms with E-state index in [2.05, 4.69) is 0 Å². The van der Waals surface area contributed by atoms with Crippen LogP contribution >= 0.6 is 11.8 Å². The number of aliphatic hydroxyl groups excluding tert-OH is 1. The molecule has 0 bridgehead atoms. The molecule has 0 atom stereocenters. The van der Waals surface area contributed by atoms with Crippen LogP contribution < -0.4 is 0 Å². The summed E-state index contributed by atoms with van der Waals surface area (Å²) >= 11 is 1.16. The Labute approximate surface area is 113 Å². The van der Waals surface area contributed by atoms with Crippen molar-refractivity contribution >= 4 is 17.4 Å². The van der Waals surface area contributed by atoms with E-state index < -0.39 is 11.5 Å². The highest BCUT2D eigenvalue weighted by Gasteiger charge is 2.14. The summed E-state index contributed by atoms with van der Waals surface area (Å²) < 4.78 is 13.5. The van der Waals surface area contributed by atoms with E-state index >= 15 is 0 Å². The summed E-state index contributed by atoms with van der Waals surface area (Å²) in [6, 6.07) is 10.6. The summed E-state index contributed by atoms with van der Waals surface area (Å²) in [7, 11) is 0. The first-order valence-corrected chi connectivity index (χ1v) is 6.24. The normalized spacial score (nSPS) is 10.4. The van der Waals surface area contributed by atoms with Gasteiger partial charge in [0.2, 0.25) is 0 Å². The van der Waals surface area contributed by atoms with Crippen LogP contribution in [-0.4, -0.2) is 10.0 Å². The molecule has 0 aromatic heterocycles. The van der Waals surface area contributed by atoms with E-state index in [1.165, 1.54) is 24.3 Å². The number of hydrogen-bond acceptors (Lipinski definition) is 4. The first-order valence-electron chi connectivity index (χ1n) is 5.42. The first-order chi connectivity index (χ1) is 9.11. The number of aliphatic hydroxyl groups is 1. The molecule has 0 aliphatic carbocycles. The van der Waals surface area contributed by atoms with Gasteiger partial charge in [0.05, 0.1) is 17.1 Å². The fourth-order valence-electron chi connectivity index (χ4n) is 1.58. The fraction of sp³-hybridized carbons (Fsp3) is 0.0769. The van der Waals surface area contributed by atoms with Crippen molar-refractivity contribution in [3.63, 3.8) is 0 Å². The molecule has 2 aromatic rings. The molecular weight excluding hydrogens is 269 g/mol. The standard InChI is InChI=1S/C13H10FNO3S/c14-11-3-1-2-4-13(11)19-10-5-6-12(15(17)18)9(7-10)8-16/h1-7,16H,8H2. The third-order valence-electron chi connectivity index (χ3n) is 2.48. The first kappa shape index (κ1) is 13.5. The van der Waals surface area contributed by atoms with Gasteiger partial charge in [-0.2, -0.15) is 0 Å². The van der Waals surface area contributed by atoms with Crippen LogP contribution in [-0.2, 0) is 6.61 Å². The number of rotatable bonds is 4. The van der Waals surface area contributed by atoms with Gasteiger partial charge >= 0.3 is 0 Å². The van der Waals surface area contributed by atoms with Crippen LogP contribution in [0.5, 0.6) is 0 Å². The van der Waals surface area contributed by atoms with Crippen LogP contribution in [0.15, 0.2) is 52.3 Å². The summed E-state index contributed by atoms with van der Waals surface area (Å²) in [5.41, 5.74) is 0.0757. The van der Waals surface area contributed by atoms with E-state index in [4.69, 9.17) is 5.11 Å². The second-order valence-electron chi connectivity index (χ2n) is 3.74. The maximum absolute atomic E-state index is 13.5. The molecule has 6 heteroatoms. The highest BCUT2D eigenvalue weighted by molar-refractivity contribution is 7.99. The molecule has 19 heavy (non-hydrogen) atoms. The van der Waals surface area contributed by atoms with Crippen LogP contribution in [0.25, 0.3) is 0 Å². The minimum Gasteiger partial charge on any atom is -0.391 e. The van der Waals surface area contributed by atoms with Crippen molar-refractivity contribution in [2.24, 2.45) is 0 Å². The Kier molecular flexibility index (Phi) is 4.13. The molecule has 0 saturated heterocycles. The number of nitro benzene ring substituents is 1. The molecule has 2 rings (SSSR count). The van der Waals surface area contributed by atoms with Crippen molar-refractivity contribution in [3.8, 4) is 0 Å². The highest BCUT2D eigenvalue weighted by Crippen LogP contribution is 2.32. The lowest BCUT2D eigenvalue weighted by molar-refractivity contribution is -0.385. The molecule has 0 unspecified atom stereocenters. The van der Waals surface area contributed by atoms with Crippen molar-refractivity contribution in [1.29, 1.82) is 0 Å². The van der Waals surface area contributed by atoms with Gasteiger partial charge in [-0.3, -0.25) is 10.1 Å². The maximum Gasteiger partial charge on any atom is 0.274 e. The van der Waals surface area contributed by atoms with Crippen LogP contribution in [0.3, 0.4) is 0 Å². The zero-order valence-electron chi connectivity index (χ0n) is 9.75. The average Bonchev–Trinajstić information content (AvgIpc) is 2.41. The lowest BCUT2D eigenvalue weighted by Crippen LogP contribution is -1.95. The molecule has 0 fully saturated rings.